The maximum Gasteiger partial charge on any atom is 0.337 e. The highest BCUT2D eigenvalue weighted by Gasteiger charge is 2.60. The topological polar surface area (TPSA) is 65.7 Å². The van der Waals surface area contributed by atoms with Crippen LogP contribution in [0.15, 0.2) is 46.3 Å². The van der Waals surface area contributed by atoms with Crippen molar-refractivity contribution in [2.45, 2.75) is 38.7 Å². The summed E-state index contributed by atoms with van der Waals surface area (Å²) in [5.41, 5.74) is 1.89. The lowest BCUT2D eigenvalue weighted by atomic mass is 9.56. The van der Waals surface area contributed by atoms with Crippen LogP contribution >= 0.6 is 0 Å². The lowest BCUT2D eigenvalue weighted by Crippen LogP contribution is -2.45. The molecule has 132 valence electrons. The maximum atomic E-state index is 13.1. The number of cyclic esters (lactones) is 1. The Bertz CT molecular complexity index is 757. The first kappa shape index (κ1) is 16.2. The van der Waals surface area contributed by atoms with E-state index in [-0.39, 0.29) is 29.9 Å². The van der Waals surface area contributed by atoms with Crippen molar-refractivity contribution in [2.75, 3.05) is 7.11 Å². The molecule has 1 fully saturated rings. The SMILES string of the molecule is COC(=O)C1=CCC[C@H]2C1=CC[C@@H](C)[C@]21C[C@@H](c2ccoc2)OC1=O. The fourth-order valence-electron chi connectivity index (χ4n) is 4.81. The van der Waals surface area contributed by atoms with E-state index in [9.17, 15) is 9.59 Å². The van der Waals surface area contributed by atoms with Crippen LogP contribution in [-0.2, 0) is 19.1 Å². The number of hydrogen-bond donors (Lipinski definition) is 0. The first-order valence-electron chi connectivity index (χ1n) is 8.80. The number of hydrogen-bond acceptors (Lipinski definition) is 5. The number of carbonyl (C=O) groups excluding carboxylic acids is 2. The third kappa shape index (κ3) is 2.29. The van der Waals surface area contributed by atoms with E-state index in [1.54, 1.807) is 12.5 Å². The molecule has 0 amide bonds. The Morgan fingerprint density at radius 3 is 2.92 bits per heavy atom. The van der Waals surface area contributed by atoms with E-state index < -0.39 is 5.41 Å². The molecule has 1 aliphatic heterocycles. The average molecular weight is 342 g/mol. The van der Waals surface area contributed by atoms with Gasteiger partial charge in [-0.2, -0.15) is 0 Å². The van der Waals surface area contributed by atoms with Crippen LogP contribution in [0.25, 0.3) is 0 Å². The molecule has 0 N–H and O–H groups in total. The largest absolute Gasteiger partial charge is 0.472 e. The molecular weight excluding hydrogens is 320 g/mol. The standard InChI is InChI=1S/C20H22O5/c1-12-6-7-14-15(18(21)23-2)4-3-5-16(14)20(12)10-17(25-19(20)22)13-8-9-24-11-13/h4,7-9,11-12,16-17H,3,5-6,10H2,1-2H3/t12-,16+,17+,20-/m1/s1. The highest BCUT2D eigenvalue weighted by molar-refractivity contribution is 5.94. The fourth-order valence-corrected chi connectivity index (χ4v) is 4.81. The fraction of sp³-hybridized carbons (Fsp3) is 0.500. The third-order valence-electron chi connectivity index (χ3n) is 6.16. The van der Waals surface area contributed by atoms with Gasteiger partial charge in [-0.3, -0.25) is 4.79 Å². The van der Waals surface area contributed by atoms with Gasteiger partial charge in [0.05, 0.1) is 30.6 Å². The summed E-state index contributed by atoms with van der Waals surface area (Å²) in [6, 6.07) is 1.85. The van der Waals surface area contributed by atoms with Crippen molar-refractivity contribution in [1.82, 2.24) is 0 Å². The van der Waals surface area contributed by atoms with Gasteiger partial charge in [-0.25, -0.2) is 4.79 Å². The van der Waals surface area contributed by atoms with E-state index in [4.69, 9.17) is 13.9 Å². The van der Waals surface area contributed by atoms with Crippen molar-refractivity contribution < 1.29 is 23.5 Å². The zero-order chi connectivity index (χ0) is 17.6. The Balaban J connectivity index is 1.73. The molecular formula is C20H22O5. The normalized spacial score (nSPS) is 34.2. The summed E-state index contributed by atoms with van der Waals surface area (Å²) in [5.74, 6) is -0.297. The van der Waals surface area contributed by atoms with Gasteiger partial charge in [0.2, 0.25) is 0 Å². The maximum absolute atomic E-state index is 13.1. The minimum absolute atomic E-state index is 0.000231. The van der Waals surface area contributed by atoms with Crippen molar-refractivity contribution in [3.8, 4) is 0 Å². The molecule has 2 heterocycles. The van der Waals surface area contributed by atoms with E-state index in [1.165, 1.54) is 7.11 Å². The zero-order valence-electron chi connectivity index (χ0n) is 14.5. The molecule has 5 nitrogen and oxygen atoms in total. The summed E-state index contributed by atoms with van der Waals surface area (Å²) >= 11 is 0. The van der Waals surface area contributed by atoms with E-state index in [2.05, 4.69) is 13.0 Å². The van der Waals surface area contributed by atoms with Gasteiger partial charge in [-0.1, -0.05) is 19.1 Å². The molecule has 3 aliphatic rings. The summed E-state index contributed by atoms with van der Waals surface area (Å²) in [6.07, 6.45) is 10.0. The van der Waals surface area contributed by atoms with Gasteiger partial charge in [-0.05, 0) is 36.8 Å². The predicted octanol–water partition coefficient (Wildman–Crippen LogP) is 3.73. The monoisotopic (exact) mass is 342 g/mol. The van der Waals surface area contributed by atoms with Crippen molar-refractivity contribution in [3.63, 3.8) is 0 Å². The summed E-state index contributed by atoms with van der Waals surface area (Å²) in [5, 5.41) is 0. The van der Waals surface area contributed by atoms with Crippen LogP contribution in [0.1, 0.15) is 44.3 Å². The van der Waals surface area contributed by atoms with Crippen molar-refractivity contribution in [1.29, 1.82) is 0 Å². The minimum atomic E-state index is -0.584. The Morgan fingerprint density at radius 2 is 2.20 bits per heavy atom. The van der Waals surface area contributed by atoms with Crippen molar-refractivity contribution in [3.05, 3.63) is 47.5 Å². The second-order valence-corrected chi connectivity index (χ2v) is 7.23. The highest BCUT2D eigenvalue weighted by atomic mass is 16.6. The van der Waals surface area contributed by atoms with Crippen LogP contribution in [0, 0.1) is 17.3 Å². The number of esters is 2. The molecule has 5 heteroatoms. The minimum Gasteiger partial charge on any atom is -0.472 e. The summed E-state index contributed by atoms with van der Waals surface area (Å²) in [4.78, 5) is 25.2. The van der Waals surface area contributed by atoms with Crippen LogP contribution in [0.5, 0.6) is 0 Å². The number of allylic oxidation sites excluding steroid dienone is 2. The first-order valence-corrected chi connectivity index (χ1v) is 8.80. The van der Waals surface area contributed by atoms with Gasteiger partial charge in [0.15, 0.2) is 0 Å². The molecule has 1 aromatic rings. The van der Waals surface area contributed by atoms with Crippen LogP contribution in [0.3, 0.4) is 0 Å². The molecule has 0 radical (unpaired) electrons. The first-order chi connectivity index (χ1) is 12.1. The summed E-state index contributed by atoms with van der Waals surface area (Å²) < 4.78 is 15.9. The summed E-state index contributed by atoms with van der Waals surface area (Å²) in [7, 11) is 1.40. The Morgan fingerprint density at radius 1 is 1.36 bits per heavy atom. The van der Waals surface area contributed by atoms with Crippen LogP contribution < -0.4 is 0 Å². The number of furan rings is 1. The Labute approximate surface area is 146 Å². The second-order valence-electron chi connectivity index (χ2n) is 7.23. The van der Waals surface area contributed by atoms with Crippen LogP contribution in [0.2, 0.25) is 0 Å². The van der Waals surface area contributed by atoms with E-state index in [0.29, 0.717) is 12.0 Å². The molecule has 0 unspecified atom stereocenters. The molecule has 1 saturated heterocycles. The van der Waals surface area contributed by atoms with Gasteiger partial charge in [-0.15, -0.1) is 0 Å². The number of methoxy groups -OCH3 is 1. The highest BCUT2D eigenvalue weighted by Crippen LogP contribution is 2.59. The number of rotatable bonds is 2. The molecule has 4 rings (SSSR count). The Kier molecular flexibility index (Phi) is 3.82. The molecule has 1 spiro atoms. The van der Waals surface area contributed by atoms with Gasteiger partial charge < -0.3 is 13.9 Å². The molecule has 25 heavy (non-hydrogen) atoms. The zero-order valence-corrected chi connectivity index (χ0v) is 14.5. The molecule has 1 aromatic heterocycles. The van der Waals surface area contributed by atoms with Gasteiger partial charge >= 0.3 is 11.9 Å². The second kappa shape index (κ2) is 5.90. The van der Waals surface area contributed by atoms with Crippen molar-refractivity contribution >= 4 is 11.9 Å². The predicted molar refractivity (Wildman–Crippen MR) is 89.3 cm³/mol. The lowest BCUT2D eigenvalue weighted by molar-refractivity contribution is -0.154. The molecule has 0 aromatic carbocycles. The van der Waals surface area contributed by atoms with Crippen molar-refractivity contribution in [2.24, 2.45) is 17.3 Å². The molecule has 4 atom stereocenters. The number of carbonyl (C=O) groups is 2. The molecule has 2 aliphatic carbocycles. The van der Waals surface area contributed by atoms with Crippen LogP contribution in [-0.4, -0.2) is 19.0 Å². The van der Waals surface area contributed by atoms with E-state index >= 15 is 0 Å². The number of fused-ring (bicyclic) bond motifs is 2. The number of ether oxygens (including phenoxy) is 2. The molecule has 0 saturated carbocycles. The molecule has 0 bridgehead atoms. The van der Waals surface area contributed by atoms with Gasteiger partial charge in [0.1, 0.15) is 6.10 Å². The lowest BCUT2D eigenvalue weighted by Gasteiger charge is -2.45. The summed E-state index contributed by atoms with van der Waals surface area (Å²) in [6.45, 7) is 2.11. The quantitative estimate of drug-likeness (QED) is 0.766. The average Bonchev–Trinajstić information content (AvgIpc) is 3.26. The van der Waals surface area contributed by atoms with E-state index in [1.807, 2.05) is 12.1 Å². The van der Waals surface area contributed by atoms with E-state index in [0.717, 1.165) is 30.4 Å². The Hall–Kier alpha value is -2.30. The smallest absolute Gasteiger partial charge is 0.337 e. The third-order valence-corrected chi connectivity index (χ3v) is 6.16. The van der Waals surface area contributed by atoms with Gasteiger partial charge in [0.25, 0.3) is 0 Å². The van der Waals surface area contributed by atoms with Crippen LogP contribution in [0.4, 0.5) is 0 Å². The van der Waals surface area contributed by atoms with Gasteiger partial charge in [0, 0.05) is 17.9 Å².